The molecule has 1 aliphatic heterocycles. The third kappa shape index (κ3) is 1.94. The van der Waals surface area contributed by atoms with Crippen molar-refractivity contribution in [3.8, 4) is 0 Å². The number of fused-ring (bicyclic) bond motifs is 1. The maximum atomic E-state index is 5.54. The minimum absolute atomic E-state index is 0.755. The molecule has 1 heterocycles. The summed E-state index contributed by atoms with van der Waals surface area (Å²) in [5.41, 5.74) is 0. The Hall–Kier alpha value is -0.0800. The third-order valence-corrected chi connectivity index (χ3v) is 4.70. The lowest BCUT2D eigenvalue weighted by molar-refractivity contribution is 0.163. The van der Waals surface area contributed by atoms with Gasteiger partial charge in [-0.3, -0.25) is 0 Å². The SMILES string of the molecule is CCNC(C1CCOC1)C1CC2CC2C1. The molecule has 0 aromatic carbocycles. The van der Waals surface area contributed by atoms with Gasteiger partial charge in [0.05, 0.1) is 6.61 Å². The Bertz CT molecular complexity index is 215. The second-order valence-electron chi connectivity index (χ2n) is 5.69. The maximum absolute atomic E-state index is 5.54. The molecule has 0 aromatic heterocycles. The van der Waals surface area contributed by atoms with Gasteiger partial charge in [0.15, 0.2) is 0 Å². The predicted octanol–water partition coefficient (Wildman–Crippen LogP) is 2.05. The fourth-order valence-electron chi connectivity index (χ4n) is 3.84. The molecule has 2 heteroatoms. The van der Waals surface area contributed by atoms with Crippen LogP contribution in [0.25, 0.3) is 0 Å². The topological polar surface area (TPSA) is 21.3 Å². The van der Waals surface area contributed by atoms with Crippen LogP contribution in [-0.4, -0.2) is 25.8 Å². The van der Waals surface area contributed by atoms with Crippen LogP contribution in [0.15, 0.2) is 0 Å². The molecule has 0 bridgehead atoms. The number of nitrogens with one attached hydrogen (secondary N) is 1. The van der Waals surface area contributed by atoms with Crippen LogP contribution in [0.2, 0.25) is 0 Å². The highest BCUT2D eigenvalue weighted by molar-refractivity contribution is 5.00. The van der Waals surface area contributed by atoms with Gasteiger partial charge in [0.2, 0.25) is 0 Å². The predicted molar refractivity (Wildman–Crippen MR) is 60.7 cm³/mol. The van der Waals surface area contributed by atoms with Gasteiger partial charge in [-0.15, -0.1) is 0 Å². The molecule has 3 rings (SSSR count). The van der Waals surface area contributed by atoms with Gasteiger partial charge in [-0.25, -0.2) is 0 Å². The monoisotopic (exact) mass is 209 g/mol. The summed E-state index contributed by atoms with van der Waals surface area (Å²) in [5, 5.41) is 3.73. The van der Waals surface area contributed by atoms with Crippen LogP contribution in [0.1, 0.15) is 32.6 Å². The van der Waals surface area contributed by atoms with E-state index in [4.69, 9.17) is 4.74 Å². The third-order valence-electron chi connectivity index (χ3n) is 4.70. The summed E-state index contributed by atoms with van der Waals surface area (Å²) in [6.45, 7) is 5.35. The van der Waals surface area contributed by atoms with Crippen molar-refractivity contribution in [2.24, 2.45) is 23.7 Å². The Morgan fingerprint density at radius 3 is 2.60 bits per heavy atom. The Labute approximate surface area is 92.8 Å². The van der Waals surface area contributed by atoms with Crippen molar-refractivity contribution in [1.82, 2.24) is 5.32 Å². The quantitative estimate of drug-likeness (QED) is 0.765. The average Bonchev–Trinajstić information content (AvgIpc) is 2.75. The first-order valence-electron chi connectivity index (χ1n) is 6.69. The second-order valence-corrected chi connectivity index (χ2v) is 5.69. The van der Waals surface area contributed by atoms with E-state index in [2.05, 4.69) is 12.2 Å². The summed E-state index contributed by atoms with van der Waals surface area (Å²) >= 11 is 0. The zero-order chi connectivity index (χ0) is 10.3. The van der Waals surface area contributed by atoms with E-state index in [1.165, 1.54) is 25.7 Å². The van der Waals surface area contributed by atoms with Crippen LogP contribution in [-0.2, 0) is 4.74 Å². The van der Waals surface area contributed by atoms with Gasteiger partial charge in [0, 0.05) is 18.6 Å². The van der Waals surface area contributed by atoms with Crippen molar-refractivity contribution in [2.45, 2.75) is 38.6 Å². The zero-order valence-corrected chi connectivity index (χ0v) is 9.74. The molecular formula is C13H23NO. The number of ether oxygens (including phenoxy) is 1. The first kappa shape index (κ1) is 10.1. The minimum Gasteiger partial charge on any atom is -0.381 e. The van der Waals surface area contributed by atoms with Crippen molar-refractivity contribution in [2.75, 3.05) is 19.8 Å². The molecule has 4 atom stereocenters. The molecule has 2 aliphatic carbocycles. The Morgan fingerprint density at radius 2 is 2.00 bits per heavy atom. The highest BCUT2D eigenvalue weighted by Crippen LogP contribution is 2.55. The molecule has 3 fully saturated rings. The summed E-state index contributed by atoms with van der Waals surface area (Å²) in [4.78, 5) is 0. The summed E-state index contributed by atoms with van der Waals surface area (Å²) < 4.78 is 5.54. The van der Waals surface area contributed by atoms with Crippen LogP contribution < -0.4 is 5.32 Å². The summed E-state index contributed by atoms with van der Waals surface area (Å²) in [6.07, 6.45) is 5.82. The standard InChI is InChI=1S/C13H23NO/c1-2-14-13(9-3-4-15-8-9)12-6-10-5-11(10)7-12/h9-14H,2-8H2,1H3. The lowest BCUT2D eigenvalue weighted by Gasteiger charge is -2.30. The van der Waals surface area contributed by atoms with Crippen molar-refractivity contribution >= 4 is 0 Å². The lowest BCUT2D eigenvalue weighted by Crippen LogP contribution is -2.42. The van der Waals surface area contributed by atoms with Crippen molar-refractivity contribution in [3.05, 3.63) is 0 Å². The van der Waals surface area contributed by atoms with E-state index in [1.54, 1.807) is 0 Å². The smallest absolute Gasteiger partial charge is 0.0510 e. The maximum Gasteiger partial charge on any atom is 0.0510 e. The van der Waals surface area contributed by atoms with Gasteiger partial charge in [0.1, 0.15) is 0 Å². The van der Waals surface area contributed by atoms with Gasteiger partial charge in [-0.2, -0.15) is 0 Å². The van der Waals surface area contributed by atoms with E-state index >= 15 is 0 Å². The fourth-order valence-corrected chi connectivity index (χ4v) is 3.84. The average molecular weight is 209 g/mol. The largest absolute Gasteiger partial charge is 0.381 e. The van der Waals surface area contributed by atoms with E-state index in [-0.39, 0.29) is 0 Å². The van der Waals surface area contributed by atoms with Crippen LogP contribution in [0.5, 0.6) is 0 Å². The molecule has 0 aromatic rings. The van der Waals surface area contributed by atoms with Crippen LogP contribution >= 0.6 is 0 Å². The normalized spacial score (nSPS) is 45.4. The van der Waals surface area contributed by atoms with E-state index in [0.717, 1.165) is 49.5 Å². The van der Waals surface area contributed by atoms with Crippen LogP contribution in [0, 0.1) is 23.7 Å². The number of hydrogen-bond donors (Lipinski definition) is 1. The Kier molecular flexibility index (Phi) is 2.73. The number of hydrogen-bond acceptors (Lipinski definition) is 2. The molecule has 2 nitrogen and oxygen atoms in total. The van der Waals surface area contributed by atoms with Crippen molar-refractivity contribution in [3.63, 3.8) is 0 Å². The first-order valence-corrected chi connectivity index (χ1v) is 6.69. The summed E-state index contributed by atoms with van der Waals surface area (Å²) in [6, 6.07) is 0.755. The van der Waals surface area contributed by atoms with Crippen LogP contribution in [0.4, 0.5) is 0 Å². The van der Waals surface area contributed by atoms with Gasteiger partial charge in [-0.05, 0) is 50.0 Å². The molecule has 15 heavy (non-hydrogen) atoms. The first-order chi connectivity index (χ1) is 7.38. The van der Waals surface area contributed by atoms with Gasteiger partial charge in [0.25, 0.3) is 0 Å². The molecule has 0 amide bonds. The molecule has 0 radical (unpaired) electrons. The van der Waals surface area contributed by atoms with Gasteiger partial charge < -0.3 is 10.1 Å². The van der Waals surface area contributed by atoms with E-state index in [9.17, 15) is 0 Å². The van der Waals surface area contributed by atoms with E-state index in [0.29, 0.717) is 0 Å². The highest BCUT2D eigenvalue weighted by Gasteiger charge is 2.49. The zero-order valence-electron chi connectivity index (χ0n) is 9.74. The molecule has 3 aliphatic rings. The summed E-state index contributed by atoms with van der Waals surface area (Å²) in [7, 11) is 0. The molecule has 2 saturated carbocycles. The fraction of sp³-hybridized carbons (Fsp3) is 1.00. The number of rotatable bonds is 4. The van der Waals surface area contributed by atoms with E-state index < -0.39 is 0 Å². The summed E-state index contributed by atoms with van der Waals surface area (Å²) in [5.74, 6) is 3.98. The van der Waals surface area contributed by atoms with Gasteiger partial charge >= 0.3 is 0 Å². The molecule has 1 saturated heterocycles. The molecule has 1 N–H and O–H groups in total. The molecule has 86 valence electrons. The van der Waals surface area contributed by atoms with E-state index in [1.807, 2.05) is 0 Å². The molecular weight excluding hydrogens is 186 g/mol. The minimum atomic E-state index is 0.755. The van der Waals surface area contributed by atoms with Crippen molar-refractivity contribution in [1.29, 1.82) is 0 Å². The van der Waals surface area contributed by atoms with Gasteiger partial charge in [-0.1, -0.05) is 6.92 Å². The Morgan fingerprint density at radius 1 is 1.20 bits per heavy atom. The molecule has 0 spiro atoms. The van der Waals surface area contributed by atoms with Crippen LogP contribution in [0.3, 0.4) is 0 Å². The Balaban J connectivity index is 1.61. The lowest BCUT2D eigenvalue weighted by atomic mass is 9.84. The molecule has 4 unspecified atom stereocenters. The van der Waals surface area contributed by atoms with Crippen molar-refractivity contribution < 1.29 is 4.74 Å². The highest BCUT2D eigenvalue weighted by atomic mass is 16.5. The second kappa shape index (κ2) is 4.06.